The molecule has 1 fully saturated rings. The number of carbonyl (C=O) groups is 1. The number of morpholine rings is 1. The number of carbonyl (C=O) groups excluding carboxylic acids is 1. The minimum absolute atomic E-state index is 0.0498. The maximum Gasteiger partial charge on any atom is 0.258 e. The van der Waals surface area contributed by atoms with Crippen LogP contribution in [0.3, 0.4) is 0 Å². The third-order valence-electron chi connectivity index (χ3n) is 4.53. The molecule has 0 aromatic heterocycles. The number of halogens is 1. The van der Waals surface area contributed by atoms with Gasteiger partial charge in [-0.3, -0.25) is 9.69 Å². The van der Waals surface area contributed by atoms with Crippen molar-refractivity contribution in [3.63, 3.8) is 0 Å². The van der Waals surface area contributed by atoms with E-state index in [0.29, 0.717) is 10.8 Å². The number of hydrogen-bond donors (Lipinski definition) is 1. The van der Waals surface area contributed by atoms with Gasteiger partial charge in [0, 0.05) is 24.7 Å². The van der Waals surface area contributed by atoms with Crippen LogP contribution in [0.2, 0.25) is 5.02 Å². The quantitative estimate of drug-likeness (QED) is 0.791. The molecule has 6 heteroatoms. The Balaban J connectivity index is 1.62. The van der Waals surface area contributed by atoms with Gasteiger partial charge in [-0.05, 0) is 30.7 Å². The number of benzene rings is 2. The van der Waals surface area contributed by atoms with Gasteiger partial charge in [0.1, 0.15) is 5.75 Å². The molecule has 1 amide bonds. The highest BCUT2D eigenvalue weighted by Crippen LogP contribution is 2.18. The van der Waals surface area contributed by atoms with Gasteiger partial charge >= 0.3 is 0 Å². The van der Waals surface area contributed by atoms with Crippen molar-refractivity contribution in [2.45, 2.75) is 13.0 Å². The molecule has 0 radical (unpaired) electrons. The number of nitrogens with zero attached hydrogens (tertiary/aromatic N) is 1. The van der Waals surface area contributed by atoms with Gasteiger partial charge in [0.2, 0.25) is 0 Å². The van der Waals surface area contributed by atoms with Crippen molar-refractivity contribution in [2.75, 3.05) is 39.5 Å². The fourth-order valence-corrected chi connectivity index (χ4v) is 3.20. The van der Waals surface area contributed by atoms with Gasteiger partial charge in [0.25, 0.3) is 5.91 Å². The summed E-state index contributed by atoms with van der Waals surface area (Å²) in [4.78, 5) is 14.8. The van der Waals surface area contributed by atoms with Crippen LogP contribution in [0.15, 0.2) is 48.5 Å². The molecule has 0 saturated carbocycles. The first-order valence-electron chi connectivity index (χ1n) is 9.14. The standard InChI is InChI=1S/C21H25ClN2O3/c1-16-5-7-17(8-6-16)20(14-24-9-11-26-12-10-24)23-21(25)15-27-19-4-2-3-18(22)13-19/h2-8,13,20H,9-12,14-15H2,1H3,(H,23,25)/t20-/m0/s1. The average Bonchev–Trinajstić information content (AvgIpc) is 2.67. The van der Waals surface area contributed by atoms with Gasteiger partial charge in [0.05, 0.1) is 19.3 Å². The van der Waals surface area contributed by atoms with E-state index < -0.39 is 0 Å². The van der Waals surface area contributed by atoms with Crippen molar-refractivity contribution in [3.8, 4) is 5.75 Å². The van der Waals surface area contributed by atoms with E-state index in [0.717, 1.165) is 38.4 Å². The minimum atomic E-state index is -0.159. The number of nitrogens with one attached hydrogen (secondary N) is 1. The second-order valence-corrected chi connectivity index (χ2v) is 7.13. The third kappa shape index (κ3) is 6.24. The predicted molar refractivity (Wildman–Crippen MR) is 106 cm³/mol. The molecule has 1 aliphatic heterocycles. The lowest BCUT2D eigenvalue weighted by molar-refractivity contribution is -0.124. The van der Waals surface area contributed by atoms with Gasteiger partial charge in [-0.2, -0.15) is 0 Å². The molecule has 0 bridgehead atoms. The summed E-state index contributed by atoms with van der Waals surface area (Å²) in [6.45, 7) is 5.95. The van der Waals surface area contributed by atoms with Crippen LogP contribution in [0.1, 0.15) is 17.2 Å². The molecular weight excluding hydrogens is 364 g/mol. The zero-order valence-corrected chi connectivity index (χ0v) is 16.2. The van der Waals surface area contributed by atoms with Crippen LogP contribution >= 0.6 is 11.6 Å². The summed E-state index contributed by atoms with van der Waals surface area (Å²) in [7, 11) is 0. The summed E-state index contributed by atoms with van der Waals surface area (Å²) in [6.07, 6.45) is 0. The number of amides is 1. The van der Waals surface area contributed by atoms with E-state index in [1.807, 2.05) is 0 Å². The Kier molecular flexibility index (Phi) is 7.10. The van der Waals surface area contributed by atoms with E-state index in [-0.39, 0.29) is 18.6 Å². The molecule has 1 N–H and O–H groups in total. The summed E-state index contributed by atoms with van der Waals surface area (Å²) in [5.74, 6) is 0.423. The second-order valence-electron chi connectivity index (χ2n) is 6.69. The highest BCUT2D eigenvalue weighted by molar-refractivity contribution is 6.30. The van der Waals surface area contributed by atoms with Gasteiger partial charge in [-0.15, -0.1) is 0 Å². The largest absolute Gasteiger partial charge is 0.484 e. The first-order valence-corrected chi connectivity index (χ1v) is 9.52. The van der Waals surface area contributed by atoms with E-state index in [2.05, 4.69) is 41.4 Å². The molecule has 2 aromatic rings. The lowest BCUT2D eigenvalue weighted by atomic mass is 10.0. The van der Waals surface area contributed by atoms with E-state index in [1.165, 1.54) is 5.56 Å². The summed E-state index contributed by atoms with van der Waals surface area (Å²) in [6, 6.07) is 15.2. The molecule has 27 heavy (non-hydrogen) atoms. The van der Waals surface area contributed by atoms with Crippen LogP contribution in [-0.4, -0.2) is 50.3 Å². The maximum atomic E-state index is 12.5. The average molecular weight is 389 g/mol. The number of aryl methyl sites for hydroxylation is 1. The van der Waals surface area contributed by atoms with Crippen LogP contribution < -0.4 is 10.1 Å². The van der Waals surface area contributed by atoms with E-state index in [9.17, 15) is 4.79 Å². The molecule has 2 aromatic carbocycles. The summed E-state index contributed by atoms with van der Waals surface area (Å²) >= 11 is 5.95. The summed E-state index contributed by atoms with van der Waals surface area (Å²) in [5, 5.41) is 3.69. The molecule has 0 unspecified atom stereocenters. The molecule has 144 valence electrons. The molecule has 3 rings (SSSR count). The van der Waals surface area contributed by atoms with Crippen molar-refractivity contribution in [2.24, 2.45) is 0 Å². The lowest BCUT2D eigenvalue weighted by Gasteiger charge is -2.31. The van der Waals surface area contributed by atoms with Gasteiger partial charge in [-0.25, -0.2) is 0 Å². The Bertz CT molecular complexity index is 745. The van der Waals surface area contributed by atoms with Crippen molar-refractivity contribution < 1.29 is 14.3 Å². The van der Waals surface area contributed by atoms with Gasteiger partial charge in [0.15, 0.2) is 6.61 Å². The van der Waals surface area contributed by atoms with E-state index in [4.69, 9.17) is 21.1 Å². The smallest absolute Gasteiger partial charge is 0.258 e. The zero-order valence-electron chi connectivity index (χ0n) is 15.5. The van der Waals surface area contributed by atoms with E-state index in [1.54, 1.807) is 24.3 Å². The summed E-state index contributed by atoms with van der Waals surface area (Å²) in [5.41, 5.74) is 2.28. The Hall–Kier alpha value is -2.08. The Morgan fingerprint density at radius 3 is 2.67 bits per heavy atom. The predicted octanol–water partition coefficient (Wildman–Crippen LogP) is 3.22. The Labute approximate surface area is 165 Å². The highest BCUT2D eigenvalue weighted by atomic mass is 35.5. The van der Waals surface area contributed by atoms with Crippen LogP contribution in [0.5, 0.6) is 5.75 Å². The third-order valence-corrected chi connectivity index (χ3v) is 4.76. The first-order chi connectivity index (χ1) is 13.1. The maximum absolute atomic E-state index is 12.5. The van der Waals surface area contributed by atoms with Crippen molar-refractivity contribution in [3.05, 3.63) is 64.7 Å². The molecule has 5 nitrogen and oxygen atoms in total. The number of hydrogen-bond acceptors (Lipinski definition) is 4. The normalized spacial score (nSPS) is 15.9. The molecule has 1 saturated heterocycles. The van der Waals surface area contributed by atoms with Crippen molar-refractivity contribution in [1.82, 2.24) is 10.2 Å². The van der Waals surface area contributed by atoms with Crippen LogP contribution in [0.4, 0.5) is 0 Å². The molecule has 1 heterocycles. The minimum Gasteiger partial charge on any atom is -0.484 e. The number of rotatable bonds is 7. The highest BCUT2D eigenvalue weighted by Gasteiger charge is 2.20. The lowest BCUT2D eigenvalue weighted by Crippen LogP contribution is -2.44. The van der Waals surface area contributed by atoms with Gasteiger partial charge in [-0.1, -0.05) is 47.5 Å². The van der Waals surface area contributed by atoms with Crippen LogP contribution in [0, 0.1) is 6.92 Å². The molecule has 0 aliphatic carbocycles. The Morgan fingerprint density at radius 1 is 1.22 bits per heavy atom. The van der Waals surface area contributed by atoms with E-state index >= 15 is 0 Å². The SMILES string of the molecule is Cc1ccc([C@H](CN2CCOCC2)NC(=O)COc2cccc(Cl)c2)cc1. The monoisotopic (exact) mass is 388 g/mol. The van der Waals surface area contributed by atoms with Crippen LogP contribution in [-0.2, 0) is 9.53 Å². The first kappa shape index (κ1) is 19.7. The van der Waals surface area contributed by atoms with Crippen molar-refractivity contribution in [1.29, 1.82) is 0 Å². The van der Waals surface area contributed by atoms with Crippen LogP contribution in [0.25, 0.3) is 0 Å². The molecular formula is C21H25ClN2O3. The molecule has 1 atom stereocenters. The Morgan fingerprint density at radius 2 is 1.96 bits per heavy atom. The topological polar surface area (TPSA) is 50.8 Å². The summed E-state index contributed by atoms with van der Waals surface area (Å²) < 4.78 is 11.0. The fraction of sp³-hybridized carbons (Fsp3) is 0.381. The second kappa shape index (κ2) is 9.74. The van der Waals surface area contributed by atoms with Crippen molar-refractivity contribution >= 4 is 17.5 Å². The molecule has 0 spiro atoms. The zero-order chi connectivity index (χ0) is 19.1. The fourth-order valence-electron chi connectivity index (χ4n) is 3.02. The van der Waals surface area contributed by atoms with Gasteiger partial charge < -0.3 is 14.8 Å². The number of ether oxygens (including phenoxy) is 2. The molecule has 1 aliphatic rings.